The van der Waals surface area contributed by atoms with Crippen molar-refractivity contribution in [3.63, 3.8) is 0 Å². The SMILES string of the molecule is CC1(O)CC(c2ccccc2C2CC2)N(C(C)(C)C)C1. The minimum Gasteiger partial charge on any atom is -0.389 e. The lowest BCUT2D eigenvalue weighted by molar-refractivity contribution is 0.0499. The van der Waals surface area contributed by atoms with Crippen molar-refractivity contribution < 1.29 is 5.11 Å². The number of benzene rings is 1. The molecule has 1 saturated carbocycles. The molecule has 20 heavy (non-hydrogen) atoms. The topological polar surface area (TPSA) is 23.5 Å². The van der Waals surface area contributed by atoms with Gasteiger partial charge in [-0.2, -0.15) is 0 Å². The van der Waals surface area contributed by atoms with Crippen LogP contribution in [0.3, 0.4) is 0 Å². The van der Waals surface area contributed by atoms with Gasteiger partial charge in [-0.15, -0.1) is 0 Å². The number of β-amino-alcohol motifs (C(OH)–C–C–N with tert-alkyl or cyclic N) is 1. The van der Waals surface area contributed by atoms with Crippen molar-refractivity contribution in [2.24, 2.45) is 0 Å². The van der Waals surface area contributed by atoms with E-state index in [1.54, 1.807) is 0 Å². The number of likely N-dealkylation sites (tertiary alicyclic amines) is 1. The van der Waals surface area contributed by atoms with Crippen LogP contribution < -0.4 is 0 Å². The third-order valence-corrected chi connectivity index (χ3v) is 4.75. The Morgan fingerprint density at radius 2 is 1.75 bits per heavy atom. The van der Waals surface area contributed by atoms with Gasteiger partial charge in [0.15, 0.2) is 0 Å². The van der Waals surface area contributed by atoms with E-state index in [2.05, 4.69) is 49.9 Å². The fourth-order valence-electron chi connectivity index (χ4n) is 3.63. The third-order valence-electron chi connectivity index (χ3n) is 4.75. The van der Waals surface area contributed by atoms with E-state index >= 15 is 0 Å². The maximum atomic E-state index is 10.6. The average Bonchev–Trinajstić information content (AvgIpc) is 3.12. The molecule has 0 bridgehead atoms. The molecule has 3 rings (SSSR count). The van der Waals surface area contributed by atoms with Crippen LogP contribution in [0.2, 0.25) is 0 Å². The molecule has 0 radical (unpaired) electrons. The van der Waals surface area contributed by atoms with Crippen LogP contribution in [0.1, 0.15) is 70.0 Å². The van der Waals surface area contributed by atoms with Gasteiger partial charge in [-0.3, -0.25) is 4.90 Å². The Hall–Kier alpha value is -0.860. The second kappa shape index (κ2) is 4.57. The van der Waals surface area contributed by atoms with E-state index in [4.69, 9.17) is 0 Å². The Morgan fingerprint density at radius 1 is 1.15 bits per heavy atom. The molecule has 110 valence electrons. The first-order chi connectivity index (χ1) is 9.28. The van der Waals surface area contributed by atoms with E-state index in [-0.39, 0.29) is 5.54 Å². The van der Waals surface area contributed by atoms with Gasteiger partial charge in [0.2, 0.25) is 0 Å². The Bertz CT molecular complexity index is 496. The van der Waals surface area contributed by atoms with Crippen LogP contribution in [0.4, 0.5) is 0 Å². The Kier molecular flexibility index (Phi) is 3.22. The van der Waals surface area contributed by atoms with Crippen LogP contribution in [0.15, 0.2) is 24.3 Å². The average molecular weight is 273 g/mol. The van der Waals surface area contributed by atoms with Gasteiger partial charge < -0.3 is 5.11 Å². The van der Waals surface area contributed by atoms with Gasteiger partial charge >= 0.3 is 0 Å². The van der Waals surface area contributed by atoms with E-state index in [1.807, 2.05) is 6.92 Å². The molecule has 0 amide bonds. The van der Waals surface area contributed by atoms with Gasteiger partial charge in [-0.1, -0.05) is 24.3 Å². The van der Waals surface area contributed by atoms with Gasteiger partial charge in [0.25, 0.3) is 0 Å². The second-order valence-corrected chi connectivity index (χ2v) is 7.92. The molecule has 0 aromatic heterocycles. The molecule has 2 aliphatic rings. The van der Waals surface area contributed by atoms with Crippen molar-refractivity contribution in [1.82, 2.24) is 4.90 Å². The molecular formula is C18H27NO. The normalized spacial score (nSPS) is 31.8. The fourth-order valence-corrected chi connectivity index (χ4v) is 3.63. The summed E-state index contributed by atoms with van der Waals surface area (Å²) in [6, 6.07) is 9.22. The zero-order valence-electron chi connectivity index (χ0n) is 13.2. The summed E-state index contributed by atoms with van der Waals surface area (Å²) in [6.07, 6.45) is 3.50. The molecule has 2 fully saturated rings. The van der Waals surface area contributed by atoms with Crippen LogP contribution in [-0.4, -0.2) is 27.7 Å². The quantitative estimate of drug-likeness (QED) is 0.884. The molecular weight excluding hydrogens is 246 g/mol. The minimum absolute atomic E-state index is 0.0851. The highest BCUT2D eigenvalue weighted by atomic mass is 16.3. The highest BCUT2D eigenvalue weighted by Gasteiger charge is 2.45. The van der Waals surface area contributed by atoms with Crippen LogP contribution >= 0.6 is 0 Å². The number of nitrogens with zero attached hydrogens (tertiary/aromatic N) is 1. The molecule has 1 aliphatic heterocycles. The summed E-state index contributed by atoms with van der Waals surface area (Å²) in [7, 11) is 0. The Morgan fingerprint density at radius 3 is 2.30 bits per heavy atom. The summed E-state index contributed by atoms with van der Waals surface area (Å²) in [6.45, 7) is 9.50. The smallest absolute Gasteiger partial charge is 0.0764 e. The summed E-state index contributed by atoms with van der Waals surface area (Å²) < 4.78 is 0. The summed E-state index contributed by atoms with van der Waals surface area (Å²) in [5.74, 6) is 0.763. The monoisotopic (exact) mass is 273 g/mol. The van der Waals surface area contributed by atoms with E-state index < -0.39 is 5.60 Å². The van der Waals surface area contributed by atoms with Gasteiger partial charge in [-0.05, 0) is 64.0 Å². The molecule has 1 N–H and O–H groups in total. The first-order valence-corrected chi connectivity index (χ1v) is 7.86. The van der Waals surface area contributed by atoms with Gasteiger partial charge in [0.1, 0.15) is 0 Å². The zero-order valence-corrected chi connectivity index (χ0v) is 13.2. The molecule has 1 aliphatic carbocycles. The molecule has 1 aromatic rings. The number of rotatable bonds is 2. The van der Waals surface area contributed by atoms with E-state index in [1.165, 1.54) is 24.0 Å². The number of aliphatic hydroxyl groups is 1. The van der Waals surface area contributed by atoms with Crippen molar-refractivity contribution >= 4 is 0 Å². The molecule has 2 unspecified atom stereocenters. The minimum atomic E-state index is -0.575. The molecule has 2 heteroatoms. The lowest BCUT2D eigenvalue weighted by atomic mass is 9.91. The summed E-state index contributed by atoms with van der Waals surface area (Å²) >= 11 is 0. The Balaban J connectivity index is 1.99. The molecule has 0 spiro atoms. The molecule has 1 heterocycles. The van der Waals surface area contributed by atoms with Gasteiger partial charge in [0, 0.05) is 18.1 Å². The zero-order chi connectivity index (χ0) is 14.5. The van der Waals surface area contributed by atoms with Crippen LogP contribution in [-0.2, 0) is 0 Å². The maximum absolute atomic E-state index is 10.6. The second-order valence-electron chi connectivity index (χ2n) is 7.92. The fraction of sp³-hybridized carbons (Fsp3) is 0.667. The molecule has 1 saturated heterocycles. The van der Waals surface area contributed by atoms with Crippen molar-refractivity contribution in [2.75, 3.05) is 6.54 Å². The first-order valence-electron chi connectivity index (χ1n) is 7.86. The maximum Gasteiger partial charge on any atom is 0.0764 e. The van der Waals surface area contributed by atoms with Crippen LogP contribution in [0.5, 0.6) is 0 Å². The first kappa shape index (κ1) is 14.1. The van der Waals surface area contributed by atoms with Crippen molar-refractivity contribution in [1.29, 1.82) is 0 Å². The van der Waals surface area contributed by atoms with Crippen LogP contribution in [0, 0.1) is 0 Å². The Labute approximate surface area is 122 Å². The van der Waals surface area contributed by atoms with E-state index in [0.29, 0.717) is 6.04 Å². The largest absolute Gasteiger partial charge is 0.389 e. The lowest BCUT2D eigenvalue weighted by Crippen LogP contribution is -2.43. The molecule has 1 aromatic carbocycles. The van der Waals surface area contributed by atoms with Gasteiger partial charge in [0.05, 0.1) is 5.60 Å². The molecule has 2 nitrogen and oxygen atoms in total. The highest BCUT2D eigenvalue weighted by Crippen LogP contribution is 2.48. The number of hydrogen-bond donors (Lipinski definition) is 1. The standard InChI is InChI=1S/C18H27NO/c1-17(2,3)19-12-18(4,20)11-16(19)15-8-6-5-7-14(15)13-9-10-13/h5-8,13,16,20H,9-12H2,1-4H3. The summed E-state index contributed by atoms with van der Waals surface area (Å²) in [4.78, 5) is 2.48. The predicted octanol–water partition coefficient (Wildman–Crippen LogP) is 3.86. The predicted molar refractivity (Wildman–Crippen MR) is 82.9 cm³/mol. The molecule has 2 atom stereocenters. The van der Waals surface area contributed by atoms with E-state index in [0.717, 1.165) is 18.9 Å². The highest BCUT2D eigenvalue weighted by molar-refractivity contribution is 5.37. The summed E-state index contributed by atoms with van der Waals surface area (Å²) in [5.41, 5.74) is 2.48. The van der Waals surface area contributed by atoms with Crippen molar-refractivity contribution in [2.45, 2.75) is 70.1 Å². The third kappa shape index (κ3) is 2.64. The van der Waals surface area contributed by atoms with E-state index in [9.17, 15) is 5.11 Å². The van der Waals surface area contributed by atoms with Crippen molar-refractivity contribution in [3.05, 3.63) is 35.4 Å². The van der Waals surface area contributed by atoms with Crippen LogP contribution in [0.25, 0.3) is 0 Å². The van der Waals surface area contributed by atoms with Gasteiger partial charge in [-0.25, -0.2) is 0 Å². The summed E-state index contributed by atoms with van der Waals surface area (Å²) in [5, 5.41) is 10.6. The number of hydrogen-bond acceptors (Lipinski definition) is 2. The lowest BCUT2D eigenvalue weighted by Gasteiger charge is -2.38. The van der Waals surface area contributed by atoms with Crippen molar-refractivity contribution in [3.8, 4) is 0 Å².